The van der Waals surface area contributed by atoms with Crippen molar-refractivity contribution >= 4 is 12.4 Å². The minimum Gasteiger partial charge on any atom is -0.480 e. The maximum absolute atomic E-state index is 10.1. The number of carbonyl (C=O) groups excluding carboxylic acids is 1. The maximum Gasteiger partial charge on any atom is 0.320 e. The lowest BCUT2D eigenvalue weighted by atomic mass is 10.2. The molecular formula is C6H12N2O3. The van der Waals surface area contributed by atoms with E-state index in [1.54, 1.807) is 0 Å². The van der Waals surface area contributed by atoms with Crippen LogP contribution < -0.4 is 11.1 Å². The van der Waals surface area contributed by atoms with Crippen molar-refractivity contribution in [3.05, 3.63) is 0 Å². The van der Waals surface area contributed by atoms with Crippen molar-refractivity contribution in [2.45, 2.75) is 18.9 Å². The molecule has 0 saturated heterocycles. The summed E-state index contributed by atoms with van der Waals surface area (Å²) in [6.45, 7) is 0.477. The van der Waals surface area contributed by atoms with Gasteiger partial charge in [-0.25, -0.2) is 0 Å². The lowest BCUT2D eigenvalue weighted by Crippen LogP contribution is -2.30. The number of carboxylic acid groups (broad SMARTS) is 1. The second-order valence-corrected chi connectivity index (χ2v) is 2.16. The zero-order valence-electron chi connectivity index (χ0n) is 6.12. The molecule has 0 bridgehead atoms. The maximum atomic E-state index is 10.1. The van der Waals surface area contributed by atoms with Crippen molar-refractivity contribution in [1.82, 2.24) is 5.32 Å². The van der Waals surface area contributed by atoms with E-state index < -0.39 is 12.0 Å². The van der Waals surface area contributed by atoms with Gasteiger partial charge in [-0.05, 0) is 12.8 Å². The fraction of sp³-hybridized carbons (Fsp3) is 0.667. The molecule has 11 heavy (non-hydrogen) atoms. The van der Waals surface area contributed by atoms with Gasteiger partial charge in [0.15, 0.2) is 0 Å². The van der Waals surface area contributed by atoms with Crippen molar-refractivity contribution in [3.8, 4) is 0 Å². The molecule has 1 amide bonds. The summed E-state index contributed by atoms with van der Waals surface area (Å²) in [7, 11) is 0. The zero-order chi connectivity index (χ0) is 8.69. The lowest BCUT2D eigenvalue weighted by molar-refractivity contribution is -0.138. The van der Waals surface area contributed by atoms with Gasteiger partial charge in [0.1, 0.15) is 6.04 Å². The van der Waals surface area contributed by atoms with Crippen molar-refractivity contribution in [2.24, 2.45) is 5.73 Å². The lowest BCUT2D eigenvalue weighted by Gasteiger charge is -2.04. The molecule has 0 aliphatic heterocycles. The Bertz CT molecular complexity index is 138. The van der Waals surface area contributed by atoms with Crippen molar-refractivity contribution < 1.29 is 14.7 Å². The number of amides is 1. The summed E-state index contributed by atoms with van der Waals surface area (Å²) in [5.41, 5.74) is 5.18. The number of aliphatic carboxylic acids is 1. The number of hydrogen-bond acceptors (Lipinski definition) is 3. The first-order valence-electron chi connectivity index (χ1n) is 3.34. The van der Waals surface area contributed by atoms with Crippen LogP contribution in [-0.2, 0) is 9.59 Å². The predicted octanol–water partition coefficient (Wildman–Crippen LogP) is -1.08. The highest BCUT2D eigenvalue weighted by Crippen LogP contribution is 1.92. The Labute approximate surface area is 64.6 Å². The monoisotopic (exact) mass is 160 g/mol. The van der Waals surface area contributed by atoms with Crippen LogP contribution in [0.15, 0.2) is 0 Å². The molecule has 0 fully saturated rings. The molecule has 1 atom stereocenters. The van der Waals surface area contributed by atoms with Crippen LogP contribution in [0.5, 0.6) is 0 Å². The van der Waals surface area contributed by atoms with Gasteiger partial charge >= 0.3 is 5.97 Å². The predicted molar refractivity (Wildman–Crippen MR) is 38.9 cm³/mol. The highest BCUT2D eigenvalue weighted by Gasteiger charge is 2.09. The fourth-order valence-electron chi connectivity index (χ4n) is 0.606. The minimum absolute atomic E-state index is 0.385. The molecular weight excluding hydrogens is 148 g/mol. The third-order valence-corrected chi connectivity index (χ3v) is 1.24. The van der Waals surface area contributed by atoms with E-state index in [0.29, 0.717) is 25.8 Å². The highest BCUT2D eigenvalue weighted by molar-refractivity contribution is 5.72. The van der Waals surface area contributed by atoms with E-state index in [0.717, 1.165) is 0 Å². The first-order valence-corrected chi connectivity index (χ1v) is 3.34. The van der Waals surface area contributed by atoms with Gasteiger partial charge in [-0.1, -0.05) is 0 Å². The molecule has 0 radical (unpaired) electrons. The molecule has 0 aromatic rings. The van der Waals surface area contributed by atoms with E-state index >= 15 is 0 Å². The van der Waals surface area contributed by atoms with Crippen molar-refractivity contribution in [2.75, 3.05) is 6.54 Å². The van der Waals surface area contributed by atoms with E-state index in [1.165, 1.54) is 0 Å². The summed E-state index contributed by atoms with van der Waals surface area (Å²) in [4.78, 5) is 19.9. The SMILES string of the molecule is N[C@@H](CCCNC=O)C(=O)O. The van der Waals surface area contributed by atoms with Crippen LogP contribution in [0.1, 0.15) is 12.8 Å². The van der Waals surface area contributed by atoms with E-state index in [-0.39, 0.29) is 0 Å². The van der Waals surface area contributed by atoms with Gasteiger partial charge in [0.05, 0.1) is 0 Å². The number of carboxylic acids is 1. The van der Waals surface area contributed by atoms with Crippen LogP contribution >= 0.6 is 0 Å². The van der Waals surface area contributed by atoms with Crippen LogP contribution in [0, 0.1) is 0 Å². The van der Waals surface area contributed by atoms with Crippen LogP contribution in [0.2, 0.25) is 0 Å². The van der Waals surface area contributed by atoms with Crippen LogP contribution in [0.4, 0.5) is 0 Å². The molecule has 0 heterocycles. The zero-order valence-corrected chi connectivity index (χ0v) is 6.12. The van der Waals surface area contributed by atoms with E-state index in [9.17, 15) is 9.59 Å². The second kappa shape index (κ2) is 5.67. The molecule has 0 aromatic carbocycles. The van der Waals surface area contributed by atoms with Crippen molar-refractivity contribution in [1.29, 1.82) is 0 Å². The van der Waals surface area contributed by atoms with Gasteiger partial charge in [0.2, 0.25) is 6.41 Å². The van der Waals surface area contributed by atoms with E-state index in [1.807, 2.05) is 0 Å². The first-order chi connectivity index (χ1) is 5.18. The van der Waals surface area contributed by atoms with Crippen LogP contribution in [0.3, 0.4) is 0 Å². The Morgan fingerprint density at radius 1 is 1.73 bits per heavy atom. The second-order valence-electron chi connectivity index (χ2n) is 2.16. The van der Waals surface area contributed by atoms with E-state index in [4.69, 9.17) is 10.8 Å². The van der Waals surface area contributed by atoms with Gasteiger partial charge < -0.3 is 16.2 Å². The summed E-state index contributed by atoms with van der Waals surface area (Å²) in [6.07, 6.45) is 1.55. The Hall–Kier alpha value is -1.10. The number of hydrogen-bond donors (Lipinski definition) is 3. The first kappa shape index (κ1) is 9.90. The van der Waals surface area contributed by atoms with Crippen LogP contribution in [-0.4, -0.2) is 30.1 Å². The summed E-state index contributed by atoms with van der Waals surface area (Å²) >= 11 is 0. The number of carbonyl (C=O) groups is 2. The molecule has 0 aromatic heterocycles. The van der Waals surface area contributed by atoms with Gasteiger partial charge in [-0.2, -0.15) is 0 Å². The fourth-order valence-corrected chi connectivity index (χ4v) is 0.606. The Kier molecular flexibility index (Phi) is 5.10. The quantitative estimate of drug-likeness (QED) is 0.340. The summed E-state index contributed by atoms with van der Waals surface area (Å²) in [6, 6.07) is -0.816. The largest absolute Gasteiger partial charge is 0.480 e. The summed E-state index contributed by atoms with van der Waals surface area (Å²) in [5, 5.41) is 10.7. The molecule has 0 rings (SSSR count). The van der Waals surface area contributed by atoms with Gasteiger partial charge in [-0.3, -0.25) is 9.59 Å². The van der Waals surface area contributed by atoms with Crippen LogP contribution in [0.25, 0.3) is 0 Å². The third kappa shape index (κ3) is 5.35. The average molecular weight is 160 g/mol. The Morgan fingerprint density at radius 2 is 2.36 bits per heavy atom. The average Bonchev–Trinajstić information content (AvgIpc) is 1.97. The third-order valence-electron chi connectivity index (χ3n) is 1.24. The molecule has 0 spiro atoms. The Balaban J connectivity index is 3.24. The molecule has 0 unspecified atom stereocenters. The molecule has 0 saturated carbocycles. The highest BCUT2D eigenvalue weighted by atomic mass is 16.4. The molecule has 0 aliphatic carbocycles. The molecule has 0 aliphatic rings. The molecule has 5 nitrogen and oxygen atoms in total. The Morgan fingerprint density at radius 3 is 2.82 bits per heavy atom. The van der Waals surface area contributed by atoms with Crippen molar-refractivity contribution in [3.63, 3.8) is 0 Å². The number of nitrogens with two attached hydrogens (primary N) is 1. The van der Waals surface area contributed by atoms with Gasteiger partial charge in [0, 0.05) is 6.54 Å². The smallest absolute Gasteiger partial charge is 0.320 e. The standard InChI is InChI=1S/C6H12N2O3/c7-5(6(10)11)2-1-3-8-4-9/h4-5H,1-3,7H2,(H,8,9)(H,10,11)/t5-/m0/s1. The summed E-state index contributed by atoms with van der Waals surface area (Å²) in [5.74, 6) is -1.00. The normalized spacial score (nSPS) is 12.1. The molecule has 4 N–H and O–H groups in total. The number of nitrogens with one attached hydrogen (secondary N) is 1. The molecule has 5 heteroatoms. The summed E-state index contributed by atoms with van der Waals surface area (Å²) < 4.78 is 0. The number of rotatable bonds is 6. The van der Waals surface area contributed by atoms with Gasteiger partial charge in [-0.15, -0.1) is 0 Å². The molecule has 64 valence electrons. The van der Waals surface area contributed by atoms with Gasteiger partial charge in [0.25, 0.3) is 0 Å². The topological polar surface area (TPSA) is 92.4 Å². The minimum atomic E-state index is -1.00. The van der Waals surface area contributed by atoms with E-state index in [2.05, 4.69) is 5.32 Å².